The van der Waals surface area contributed by atoms with Gasteiger partial charge in [-0.2, -0.15) is 10.2 Å². The number of halogens is 1. The van der Waals surface area contributed by atoms with Crippen LogP contribution in [0.1, 0.15) is 23.6 Å². The molecule has 3 aliphatic heterocycles. The second-order valence-electron chi connectivity index (χ2n) is 9.33. The summed E-state index contributed by atoms with van der Waals surface area (Å²) in [5.41, 5.74) is 2.62. The van der Waals surface area contributed by atoms with Crippen LogP contribution in [0.4, 0.5) is 10.1 Å². The van der Waals surface area contributed by atoms with Crippen LogP contribution in [0.3, 0.4) is 0 Å². The normalized spacial score (nSPS) is 21.9. The van der Waals surface area contributed by atoms with E-state index >= 15 is 0 Å². The Hall–Kier alpha value is -4.93. The molecular weight excluding hydrogens is 503 g/mol. The lowest BCUT2D eigenvalue weighted by Crippen LogP contribution is -2.44. The Labute approximate surface area is 223 Å². The zero-order valence-corrected chi connectivity index (χ0v) is 20.8. The first-order valence-electron chi connectivity index (χ1n) is 12.3. The van der Waals surface area contributed by atoms with E-state index in [1.165, 1.54) is 28.2 Å². The lowest BCUT2D eigenvalue weighted by atomic mass is 9.98. The van der Waals surface area contributed by atoms with Gasteiger partial charge in [-0.1, -0.05) is 53.8 Å². The summed E-state index contributed by atoms with van der Waals surface area (Å²) < 4.78 is 19.1. The Bertz CT molecular complexity index is 1510. The van der Waals surface area contributed by atoms with Crippen molar-refractivity contribution in [1.82, 2.24) is 10.0 Å². The average molecular weight is 527 g/mol. The van der Waals surface area contributed by atoms with Crippen LogP contribution in [-0.2, 0) is 14.4 Å². The molecule has 3 aromatic carbocycles. The first-order chi connectivity index (χ1) is 18.9. The van der Waals surface area contributed by atoms with E-state index in [9.17, 15) is 18.8 Å². The van der Waals surface area contributed by atoms with Crippen molar-refractivity contribution in [2.24, 2.45) is 15.4 Å². The molecule has 11 heteroatoms. The zero-order valence-electron chi connectivity index (χ0n) is 20.8. The van der Waals surface area contributed by atoms with Gasteiger partial charge in [-0.15, -0.1) is 0 Å². The van der Waals surface area contributed by atoms with E-state index in [2.05, 4.69) is 15.4 Å². The third-order valence-electron chi connectivity index (χ3n) is 7.00. The number of ether oxygens (including phenoxy) is 1. The first kappa shape index (κ1) is 24.4. The third-order valence-corrected chi connectivity index (χ3v) is 7.00. The van der Waals surface area contributed by atoms with Gasteiger partial charge < -0.3 is 4.74 Å². The molecule has 3 atom stereocenters. The number of hydrogen-bond acceptors (Lipinski definition) is 8. The van der Waals surface area contributed by atoms with E-state index in [1.807, 2.05) is 54.6 Å². The van der Waals surface area contributed by atoms with Crippen molar-refractivity contribution in [3.63, 3.8) is 0 Å². The van der Waals surface area contributed by atoms with Gasteiger partial charge in [0.05, 0.1) is 24.6 Å². The monoisotopic (exact) mass is 526 g/mol. The van der Waals surface area contributed by atoms with Gasteiger partial charge in [-0.05, 0) is 41.5 Å². The summed E-state index contributed by atoms with van der Waals surface area (Å²) in [6.45, 7) is -0.321. The van der Waals surface area contributed by atoms with E-state index in [0.29, 0.717) is 12.2 Å². The van der Waals surface area contributed by atoms with E-state index in [0.717, 1.165) is 27.8 Å². The molecule has 0 aliphatic carbocycles. The summed E-state index contributed by atoms with van der Waals surface area (Å²) in [4.78, 5) is 40.8. The number of hydrazone groups is 1. The zero-order chi connectivity index (χ0) is 27.1. The minimum absolute atomic E-state index is 0.108. The minimum Gasteiger partial charge on any atom is -0.497 e. The summed E-state index contributed by atoms with van der Waals surface area (Å²) in [5, 5.41) is 15.2. The predicted molar refractivity (Wildman–Crippen MR) is 138 cm³/mol. The average Bonchev–Trinajstić information content (AvgIpc) is 3.65. The number of anilines is 1. The molecule has 0 radical (unpaired) electrons. The number of methoxy groups -OCH3 is 1. The second kappa shape index (κ2) is 9.75. The highest BCUT2D eigenvalue weighted by Gasteiger charge is 2.55. The molecule has 1 saturated heterocycles. The van der Waals surface area contributed by atoms with Gasteiger partial charge in [0.2, 0.25) is 0 Å². The SMILES string of the molecule is COc1ccc([C@@H]2CC(c3ccccc3)=NN2C(=O)CN2N=N[C@@H]3C(=O)N(c4cccc(F)c4)C(=O)[C@@H]32)cc1. The number of carbonyl (C=O) groups excluding carboxylic acids is 3. The van der Waals surface area contributed by atoms with E-state index < -0.39 is 41.7 Å². The van der Waals surface area contributed by atoms with Crippen LogP contribution in [-0.4, -0.2) is 59.2 Å². The maximum absolute atomic E-state index is 13.8. The standard InChI is InChI=1S/C28H23FN6O4/c1-39-21-12-10-18(11-13-21)23-15-22(17-6-3-2-4-7-17)31-35(23)24(36)16-33-26-25(30-32-33)27(37)34(28(26)38)20-9-5-8-19(29)14-20/h2-14,23,25-26H,15-16H2,1H3/t23-,25-,26+/m0/s1. The summed E-state index contributed by atoms with van der Waals surface area (Å²) >= 11 is 0. The van der Waals surface area contributed by atoms with Gasteiger partial charge >= 0.3 is 0 Å². The number of carbonyl (C=O) groups is 3. The Morgan fingerprint density at radius 3 is 2.49 bits per heavy atom. The number of imide groups is 1. The first-order valence-corrected chi connectivity index (χ1v) is 12.3. The maximum Gasteiger partial charge on any atom is 0.264 e. The predicted octanol–water partition coefficient (Wildman–Crippen LogP) is 3.51. The summed E-state index contributed by atoms with van der Waals surface area (Å²) in [6.07, 6.45) is 0.487. The smallest absolute Gasteiger partial charge is 0.264 e. The number of rotatable bonds is 6. The van der Waals surface area contributed by atoms with Crippen molar-refractivity contribution in [3.05, 3.63) is 95.8 Å². The molecule has 10 nitrogen and oxygen atoms in total. The molecule has 39 heavy (non-hydrogen) atoms. The molecule has 3 amide bonds. The molecule has 3 aromatic rings. The molecule has 0 aromatic heterocycles. The van der Waals surface area contributed by atoms with Gasteiger partial charge in [0.25, 0.3) is 17.7 Å². The van der Waals surface area contributed by atoms with Crippen LogP contribution in [0, 0.1) is 5.82 Å². The fraction of sp³-hybridized carbons (Fsp3) is 0.214. The van der Waals surface area contributed by atoms with E-state index in [1.54, 1.807) is 7.11 Å². The number of amides is 3. The number of nitrogens with zero attached hydrogens (tertiary/aromatic N) is 6. The van der Waals surface area contributed by atoms with Crippen molar-refractivity contribution in [2.75, 3.05) is 18.6 Å². The molecule has 6 rings (SSSR count). The summed E-state index contributed by atoms with van der Waals surface area (Å²) in [7, 11) is 1.58. The van der Waals surface area contributed by atoms with Gasteiger partial charge in [-0.25, -0.2) is 14.3 Å². The molecular formula is C28H23FN6O4. The highest BCUT2D eigenvalue weighted by Crippen LogP contribution is 2.36. The Balaban J connectivity index is 1.26. The van der Waals surface area contributed by atoms with Gasteiger partial charge in [0, 0.05) is 6.42 Å². The van der Waals surface area contributed by atoms with Crippen LogP contribution in [0.2, 0.25) is 0 Å². The number of fused-ring (bicyclic) bond motifs is 1. The molecule has 3 heterocycles. The van der Waals surface area contributed by atoms with Gasteiger partial charge in [0.15, 0.2) is 12.1 Å². The molecule has 196 valence electrons. The quantitative estimate of drug-likeness (QED) is 0.457. The Morgan fingerprint density at radius 1 is 1.00 bits per heavy atom. The van der Waals surface area contributed by atoms with Gasteiger partial charge in [0.1, 0.15) is 18.1 Å². The summed E-state index contributed by atoms with van der Waals surface area (Å²) in [5.74, 6) is -1.53. The fourth-order valence-electron chi connectivity index (χ4n) is 5.07. The highest BCUT2D eigenvalue weighted by atomic mass is 19.1. The summed E-state index contributed by atoms with van der Waals surface area (Å²) in [6, 6.07) is 19.6. The third kappa shape index (κ3) is 4.31. The van der Waals surface area contributed by atoms with Crippen molar-refractivity contribution >= 4 is 29.1 Å². The molecule has 0 unspecified atom stereocenters. The van der Waals surface area contributed by atoms with Crippen LogP contribution >= 0.6 is 0 Å². The fourth-order valence-corrected chi connectivity index (χ4v) is 5.07. The molecule has 0 bridgehead atoms. The minimum atomic E-state index is -1.10. The van der Waals surface area contributed by atoms with Crippen molar-refractivity contribution in [2.45, 2.75) is 24.5 Å². The van der Waals surface area contributed by atoms with Crippen LogP contribution in [0.15, 0.2) is 94.3 Å². The second-order valence-corrected chi connectivity index (χ2v) is 9.33. The van der Waals surface area contributed by atoms with E-state index in [-0.39, 0.29) is 12.2 Å². The van der Waals surface area contributed by atoms with Crippen molar-refractivity contribution in [3.8, 4) is 5.75 Å². The van der Waals surface area contributed by atoms with Crippen molar-refractivity contribution in [1.29, 1.82) is 0 Å². The number of hydrogen-bond donors (Lipinski definition) is 0. The van der Waals surface area contributed by atoms with Crippen LogP contribution in [0.5, 0.6) is 5.75 Å². The Kier molecular flexibility index (Phi) is 6.10. The molecule has 0 spiro atoms. The number of benzene rings is 3. The van der Waals surface area contributed by atoms with Crippen LogP contribution in [0.25, 0.3) is 0 Å². The van der Waals surface area contributed by atoms with Gasteiger partial charge in [-0.3, -0.25) is 19.4 Å². The lowest BCUT2D eigenvalue weighted by Gasteiger charge is -2.25. The topological polar surface area (TPSA) is 107 Å². The van der Waals surface area contributed by atoms with Crippen molar-refractivity contribution < 1.29 is 23.5 Å². The highest BCUT2D eigenvalue weighted by molar-refractivity contribution is 6.25. The molecule has 1 fully saturated rings. The maximum atomic E-state index is 13.8. The van der Waals surface area contributed by atoms with E-state index in [4.69, 9.17) is 4.74 Å². The van der Waals surface area contributed by atoms with Crippen LogP contribution < -0.4 is 9.64 Å². The molecule has 0 saturated carbocycles. The Morgan fingerprint density at radius 2 is 1.77 bits per heavy atom. The molecule has 0 N–H and O–H groups in total. The lowest BCUT2D eigenvalue weighted by molar-refractivity contribution is -0.135. The largest absolute Gasteiger partial charge is 0.497 e. The molecule has 3 aliphatic rings.